The average molecular weight is 257 g/mol. The van der Waals surface area contributed by atoms with Crippen LogP contribution in [0.5, 0.6) is 0 Å². The maximum atomic E-state index is 13.8. The molecule has 0 saturated carbocycles. The molecule has 1 aromatic carbocycles. The third-order valence-electron chi connectivity index (χ3n) is 3.16. The van der Waals surface area contributed by atoms with E-state index in [2.05, 4.69) is 9.97 Å². The molecule has 4 nitrogen and oxygen atoms in total. The lowest BCUT2D eigenvalue weighted by atomic mass is 10.1. The van der Waals surface area contributed by atoms with Crippen LogP contribution in [0, 0.1) is 12.7 Å². The van der Waals surface area contributed by atoms with Gasteiger partial charge in [0.1, 0.15) is 11.6 Å². The van der Waals surface area contributed by atoms with Crippen LogP contribution in [0.2, 0.25) is 0 Å². The van der Waals surface area contributed by atoms with Gasteiger partial charge in [-0.05, 0) is 24.4 Å². The van der Waals surface area contributed by atoms with Crippen LogP contribution in [0.25, 0.3) is 10.8 Å². The Morgan fingerprint density at radius 2 is 2.26 bits per heavy atom. The number of fused-ring (bicyclic) bond motifs is 1. The average Bonchev–Trinajstić information content (AvgIpc) is 2.87. The summed E-state index contributed by atoms with van der Waals surface area (Å²) in [5.74, 6) is 0.177. The van der Waals surface area contributed by atoms with Crippen LogP contribution in [0.3, 0.4) is 0 Å². The van der Waals surface area contributed by atoms with Gasteiger partial charge >= 0.3 is 0 Å². The molecule has 0 radical (unpaired) electrons. The Balaban J connectivity index is 2.25. The lowest BCUT2D eigenvalue weighted by Crippen LogP contribution is -2.24. The minimum absolute atomic E-state index is 0.125. The SMILES string of the molecule is Cc1cc2cccc(F)c2c(=O)n1Cc1ncc[nH]1. The van der Waals surface area contributed by atoms with Crippen molar-refractivity contribution in [2.75, 3.05) is 0 Å². The number of rotatable bonds is 2. The Kier molecular flexibility index (Phi) is 2.67. The summed E-state index contributed by atoms with van der Waals surface area (Å²) in [6, 6.07) is 6.45. The van der Waals surface area contributed by atoms with E-state index in [1.54, 1.807) is 24.5 Å². The van der Waals surface area contributed by atoms with Gasteiger partial charge < -0.3 is 9.55 Å². The molecule has 19 heavy (non-hydrogen) atoms. The number of hydrogen-bond acceptors (Lipinski definition) is 2. The number of benzene rings is 1. The summed E-state index contributed by atoms with van der Waals surface area (Å²) in [7, 11) is 0. The van der Waals surface area contributed by atoms with Crippen LogP contribution in [0.1, 0.15) is 11.5 Å². The van der Waals surface area contributed by atoms with Crippen LogP contribution in [-0.4, -0.2) is 14.5 Å². The van der Waals surface area contributed by atoms with Gasteiger partial charge in [-0.3, -0.25) is 4.79 Å². The first-order chi connectivity index (χ1) is 9.16. The highest BCUT2D eigenvalue weighted by Gasteiger charge is 2.11. The van der Waals surface area contributed by atoms with Gasteiger partial charge in [-0.1, -0.05) is 12.1 Å². The van der Waals surface area contributed by atoms with Crippen molar-refractivity contribution in [3.63, 3.8) is 0 Å². The largest absolute Gasteiger partial charge is 0.347 e. The summed E-state index contributed by atoms with van der Waals surface area (Å²) in [4.78, 5) is 19.4. The molecule has 0 atom stereocenters. The van der Waals surface area contributed by atoms with Gasteiger partial charge in [0.25, 0.3) is 5.56 Å². The molecule has 0 aliphatic carbocycles. The third-order valence-corrected chi connectivity index (χ3v) is 3.16. The van der Waals surface area contributed by atoms with Crippen molar-refractivity contribution in [2.24, 2.45) is 0 Å². The number of aromatic amines is 1. The first-order valence-electron chi connectivity index (χ1n) is 5.94. The van der Waals surface area contributed by atoms with Crippen molar-refractivity contribution < 1.29 is 4.39 Å². The van der Waals surface area contributed by atoms with Crippen LogP contribution in [0.15, 0.2) is 41.5 Å². The Morgan fingerprint density at radius 1 is 1.42 bits per heavy atom. The third kappa shape index (κ3) is 1.93. The van der Waals surface area contributed by atoms with E-state index >= 15 is 0 Å². The van der Waals surface area contributed by atoms with Crippen molar-refractivity contribution in [1.82, 2.24) is 14.5 Å². The van der Waals surface area contributed by atoms with Crippen molar-refractivity contribution >= 4 is 10.8 Å². The number of nitrogens with zero attached hydrogens (tertiary/aromatic N) is 2. The molecule has 0 aliphatic rings. The number of H-pyrrole nitrogens is 1. The molecular formula is C14H12FN3O. The van der Waals surface area contributed by atoms with Crippen LogP contribution in [0.4, 0.5) is 4.39 Å². The van der Waals surface area contributed by atoms with Crippen LogP contribution >= 0.6 is 0 Å². The van der Waals surface area contributed by atoms with Crippen LogP contribution < -0.4 is 5.56 Å². The number of aryl methyl sites for hydroxylation is 1. The number of imidazole rings is 1. The van der Waals surface area contributed by atoms with Gasteiger partial charge in [0.05, 0.1) is 11.9 Å². The van der Waals surface area contributed by atoms with Crippen molar-refractivity contribution in [3.05, 3.63) is 64.3 Å². The maximum Gasteiger partial charge on any atom is 0.262 e. The Hall–Kier alpha value is -2.43. The highest BCUT2D eigenvalue weighted by molar-refractivity contribution is 5.82. The molecule has 2 aromatic heterocycles. The molecule has 96 valence electrons. The summed E-state index contributed by atoms with van der Waals surface area (Å²) in [6.45, 7) is 2.14. The number of pyridine rings is 1. The van der Waals surface area contributed by atoms with E-state index in [9.17, 15) is 9.18 Å². The zero-order valence-corrected chi connectivity index (χ0v) is 10.4. The van der Waals surface area contributed by atoms with Gasteiger partial charge in [-0.2, -0.15) is 0 Å². The molecule has 0 fully saturated rings. The quantitative estimate of drug-likeness (QED) is 0.765. The van der Waals surface area contributed by atoms with Gasteiger partial charge in [-0.15, -0.1) is 0 Å². The second-order valence-electron chi connectivity index (χ2n) is 4.42. The minimum Gasteiger partial charge on any atom is -0.347 e. The van der Waals surface area contributed by atoms with Gasteiger partial charge in [0, 0.05) is 18.1 Å². The fourth-order valence-electron chi connectivity index (χ4n) is 2.22. The van der Waals surface area contributed by atoms with E-state index in [-0.39, 0.29) is 10.9 Å². The van der Waals surface area contributed by atoms with E-state index in [1.165, 1.54) is 10.6 Å². The summed E-state index contributed by atoms with van der Waals surface area (Å²) >= 11 is 0. The molecule has 3 rings (SSSR count). The number of aromatic nitrogens is 3. The van der Waals surface area contributed by atoms with Crippen molar-refractivity contribution in [1.29, 1.82) is 0 Å². The first kappa shape index (κ1) is 11.6. The predicted molar refractivity (Wildman–Crippen MR) is 70.6 cm³/mol. The van der Waals surface area contributed by atoms with Gasteiger partial charge in [-0.25, -0.2) is 9.37 Å². The smallest absolute Gasteiger partial charge is 0.262 e. The topological polar surface area (TPSA) is 50.7 Å². The fraction of sp³-hybridized carbons (Fsp3) is 0.143. The summed E-state index contributed by atoms with van der Waals surface area (Å²) in [6.07, 6.45) is 3.31. The minimum atomic E-state index is -0.490. The zero-order chi connectivity index (χ0) is 13.4. The molecule has 0 bridgehead atoms. The van der Waals surface area contributed by atoms with E-state index in [0.29, 0.717) is 17.8 Å². The molecule has 3 aromatic rings. The second kappa shape index (κ2) is 4.35. The molecule has 0 aliphatic heterocycles. The lowest BCUT2D eigenvalue weighted by Gasteiger charge is -2.10. The lowest BCUT2D eigenvalue weighted by molar-refractivity contribution is 0.633. The summed E-state index contributed by atoms with van der Waals surface area (Å²) in [5.41, 5.74) is 0.448. The standard InChI is InChI=1S/C14H12FN3O/c1-9-7-10-3-2-4-11(15)13(10)14(19)18(9)8-12-16-5-6-17-12/h2-7H,8H2,1H3,(H,16,17). The maximum absolute atomic E-state index is 13.8. The molecule has 0 amide bonds. The summed E-state index contributed by atoms with van der Waals surface area (Å²) in [5, 5.41) is 0.748. The van der Waals surface area contributed by atoms with Gasteiger partial charge in [0.15, 0.2) is 0 Å². The number of nitrogens with one attached hydrogen (secondary N) is 1. The monoisotopic (exact) mass is 257 g/mol. The molecular weight excluding hydrogens is 245 g/mol. The first-order valence-corrected chi connectivity index (χ1v) is 5.94. The van der Waals surface area contributed by atoms with Crippen molar-refractivity contribution in [2.45, 2.75) is 13.5 Å². The molecule has 1 N–H and O–H groups in total. The van der Waals surface area contributed by atoms with E-state index < -0.39 is 5.82 Å². The Labute approximate surface area is 108 Å². The van der Waals surface area contributed by atoms with Crippen molar-refractivity contribution in [3.8, 4) is 0 Å². The Morgan fingerprint density at radius 3 is 3.00 bits per heavy atom. The molecule has 2 heterocycles. The predicted octanol–water partition coefficient (Wildman–Crippen LogP) is 2.22. The molecule has 5 heteroatoms. The fourth-order valence-corrected chi connectivity index (χ4v) is 2.22. The molecule has 0 saturated heterocycles. The van der Waals surface area contributed by atoms with E-state index in [0.717, 1.165) is 5.69 Å². The zero-order valence-electron chi connectivity index (χ0n) is 10.4. The highest BCUT2D eigenvalue weighted by Crippen LogP contribution is 2.15. The van der Waals surface area contributed by atoms with E-state index in [4.69, 9.17) is 0 Å². The number of halogens is 1. The molecule has 0 spiro atoms. The molecule has 0 unspecified atom stereocenters. The van der Waals surface area contributed by atoms with E-state index in [1.807, 2.05) is 13.0 Å². The normalized spacial score (nSPS) is 11.1. The Bertz CT molecular complexity index is 790. The highest BCUT2D eigenvalue weighted by atomic mass is 19.1. The number of hydrogen-bond donors (Lipinski definition) is 1. The second-order valence-corrected chi connectivity index (χ2v) is 4.42. The van der Waals surface area contributed by atoms with Gasteiger partial charge in [0.2, 0.25) is 0 Å². The van der Waals surface area contributed by atoms with Crippen LogP contribution in [-0.2, 0) is 6.54 Å². The summed E-state index contributed by atoms with van der Waals surface area (Å²) < 4.78 is 15.3.